The van der Waals surface area contributed by atoms with Gasteiger partial charge in [0, 0.05) is 5.41 Å². The lowest BCUT2D eigenvalue weighted by Crippen LogP contribution is -2.51. The van der Waals surface area contributed by atoms with Crippen molar-refractivity contribution in [3.8, 4) is 0 Å². The zero-order valence-electron chi connectivity index (χ0n) is 12.1. The van der Waals surface area contributed by atoms with E-state index >= 15 is 0 Å². The molecule has 0 heterocycles. The molecule has 0 aromatic rings. The largest absolute Gasteiger partial charge is 0.463 e. The van der Waals surface area contributed by atoms with Gasteiger partial charge in [-0.05, 0) is 13.8 Å². The second kappa shape index (κ2) is 6.65. The third-order valence-electron chi connectivity index (χ3n) is 2.48. The number of rotatable bonds is 6. The summed E-state index contributed by atoms with van der Waals surface area (Å²) in [7, 11) is 0. The molecular weight excluding hydrogens is 252 g/mol. The highest BCUT2D eigenvalue weighted by Crippen LogP contribution is 2.24. The fourth-order valence-electron chi connectivity index (χ4n) is 1.23. The SMILES string of the molecule is CCOC(=O)C(O)(CC(=O)C(C)(C)C)C(=O)OCC. The molecule has 0 atom stereocenters. The first kappa shape index (κ1) is 17.6. The van der Waals surface area contributed by atoms with Crippen LogP contribution < -0.4 is 0 Å². The highest BCUT2D eigenvalue weighted by Gasteiger charge is 2.50. The lowest BCUT2D eigenvalue weighted by atomic mass is 9.83. The Balaban J connectivity index is 5.23. The van der Waals surface area contributed by atoms with Crippen LogP contribution >= 0.6 is 0 Å². The molecule has 19 heavy (non-hydrogen) atoms. The Kier molecular flexibility index (Phi) is 6.15. The van der Waals surface area contributed by atoms with E-state index in [1.807, 2.05) is 0 Å². The Bertz CT molecular complexity index is 335. The van der Waals surface area contributed by atoms with Crippen molar-refractivity contribution in [2.24, 2.45) is 5.41 Å². The Hall–Kier alpha value is -1.43. The van der Waals surface area contributed by atoms with E-state index in [0.717, 1.165) is 0 Å². The minimum Gasteiger partial charge on any atom is -0.463 e. The standard InChI is InChI=1S/C13H22O6/c1-6-18-10(15)13(17,11(16)19-7-2)8-9(14)12(3,4)5/h17H,6-8H2,1-5H3. The van der Waals surface area contributed by atoms with Crippen LogP contribution in [-0.4, -0.2) is 41.6 Å². The molecule has 0 bridgehead atoms. The average Bonchev–Trinajstić information content (AvgIpc) is 2.28. The number of Topliss-reactive ketones (excluding diaryl/α,β-unsaturated/α-hetero) is 1. The summed E-state index contributed by atoms with van der Waals surface area (Å²) in [4.78, 5) is 35.4. The lowest BCUT2D eigenvalue weighted by Gasteiger charge is -2.26. The first-order chi connectivity index (χ1) is 8.59. The molecule has 0 spiro atoms. The third kappa shape index (κ3) is 4.63. The van der Waals surface area contributed by atoms with Gasteiger partial charge in [0.25, 0.3) is 5.60 Å². The Morgan fingerprint density at radius 1 is 0.947 bits per heavy atom. The Morgan fingerprint density at radius 2 is 1.32 bits per heavy atom. The number of ketones is 1. The molecule has 1 N–H and O–H groups in total. The van der Waals surface area contributed by atoms with Crippen LogP contribution in [-0.2, 0) is 23.9 Å². The van der Waals surface area contributed by atoms with E-state index in [1.54, 1.807) is 20.8 Å². The van der Waals surface area contributed by atoms with Crippen molar-refractivity contribution >= 4 is 17.7 Å². The summed E-state index contributed by atoms with van der Waals surface area (Å²) in [6.45, 7) is 7.95. The summed E-state index contributed by atoms with van der Waals surface area (Å²) in [6, 6.07) is 0. The predicted molar refractivity (Wildman–Crippen MR) is 67.3 cm³/mol. The van der Waals surface area contributed by atoms with Crippen LogP contribution in [0.2, 0.25) is 0 Å². The molecule has 0 amide bonds. The smallest absolute Gasteiger partial charge is 0.350 e. The molecule has 0 aromatic carbocycles. The molecule has 0 saturated carbocycles. The van der Waals surface area contributed by atoms with Gasteiger partial charge in [0.15, 0.2) is 0 Å². The second-order valence-corrected chi connectivity index (χ2v) is 5.15. The zero-order chi connectivity index (χ0) is 15.3. The van der Waals surface area contributed by atoms with Crippen LogP contribution in [0.3, 0.4) is 0 Å². The maximum Gasteiger partial charge on any atom is 0.350 e. The van der Waals surface area contributed by atoms with Crippen molar-refractivity contribution in [3.63, 3.8) is 0 Å². The first-order valence-corrected chi connectivity index (χ1v) is 6.19. The van der Waals surface area contributed by atoms with Crippen molar-refractivity contribution in [1.82, 2.24) is 0 Å². The van der Waals surface area contributed by atoms with Crippen LogP contribution in [0.1, 0.15) is 41.0 Å². The third-order valence-corrected chi connectivity index (χ3v) is 2.48. The minimum absolute atomic E-state index is 0.00967. The van der Waals surface area contributed by atoms with Crippen LogP contribution in [0.4, 0.5) is 0 Å². The van der Waals surface area contributed by atoms with Crippen molar-refractivity contribution in [1.29, 1.82) is 0 Å². The van der Waals surface area contributed by atoms with E-state index in [4.69, 9.17) is 0 Å². The highest BCUT2D eigenvalue weighted by atomic mass is 16.6. The summed E-state index contributed by atoms with van der Waals surface area (Å²) in [5.41, 5.74) is -3.36. The summed E-state index contributed by atoms with van der Waals surface area (Å²) in [5, 5.41) is 10.2. The van der Waals surface area contributed by atoms with Gasteiger partial charge in [-0.1, -0.05) is 20.8 Å². The Morgan fingerprint density at radius 3 is 1.58 bits per heavy atom. The summed E-state index contributed by atoms with van der Waals surface area (Å²) >= 11 is 0. The summed E-state index contributed by atoms with van der Waals surface area (Å²) in [5.74, 6) is -2.76. The maximum atomic E-state index is 11.9. The van der Waals surface area contributed by atoms with Crippen molar-refractivity contribution in [2.75, 3.05) is 13.2 Å². The Labute approximate surface area is 113 Å². The highest BCUT2D eigenvalue weighted by molar-refractivity contribution is 6.07. The van der Waals surface area contributed by atoms with E-state index < -0.39 is 35.2 Å². The van der Waals surface area contributed by atoms with Gasteiger partial charge in [-0.2, -0.15) is 0 Å². The van der Waals surface area contributed by atoms with Crippen LogP contribution in [0.5, 0.6) is 0 Å². The fraction of sp³-hybridized carbons (Fsp3) is 0.769. The van der Waals surface area contributed by atoms with E-state index in [1.165, 1.54) is 13.8 Å². The molecule has 110 valence electrons. The van der Waals surface area contributed by atoms with Gasteiger partial charge in [0.1, 0.15) is 5.78 Å². The molecule has 6 nitrogen and oxygen atoms in total. The van der Waals surface area contributed by atoms with E-state index in [-0.39, 0.29) is 13.2 Å². The molecule has 0 radical (unpaired) electrons. The summed E-state index contributed by atoms with van der Waals surface area (Å²) in [6.07, 6.45) is -0.659. The lowest BCUT2D eigenvalue weighted by molar-refractivity contribution is -0.185. The van der Waals surface area contributed by atoms with Crippen molar-refractivity contribution in [3.05, 3.63) is 0 Å². The normalized spacial score (nSPS) is 11.9. The van der Waals surface area contributed by atoms with Gasteiger partial charge < -0.3 is 14.6 Å². The molecule has 0 aliphatic heterocycles. The number of aliphatic hydroxyl groups is 1. The molecule has 0 fully saturated rings. The molecule has 0 saturated heterocycles. The molecule has 6 heteroatoms. The van der Waals surface area contributed by atoms with Gasteiger partial charge in [0.2, 0.25) is 0 Å². The summed E-state index contributed by atoms with van der Waals surface area (Å²) < 4.78 is 9.29. The van der Waals surface area contributed by atoms with Gasteiger partial charge in [-0.15, -0.1) is 0 Å². The van der Waals surface area contributed by atoms with Crippen molar-refractivity contribution < 1.29 is 29.0 Å². The first-order valence-electron chi connectivity index (χ1n) is 6.19. The molecule has 0 aliphatic rings. The van der Waals surface area contributed by atoms with Crippen LogP contribution in [0.25, 0.3) is 0 Å². The maximum absolute atomic E-state index is 11.9. The molecule has 0 aliphatic carbocycles. The van der Waals surface area contributed by atoms with Gasteiger partial charge in [-0.25, -0.2) is 9.59 Å². The van der Waals surface area contributed by atoms with Gasteiger partial charge in [0.05, 0.1) is 19.6 Å². The second-order valence-electron chi connectivity index (χ2n) is 5.15. The van der Waals surface area contributed by atoms with Gasteiger partial charge in [-0.3, -0.25) is 4.79 Å². The van der Waals surface area contributed by atoms with Crippen LogP contribution in [0, 0.1) is 5.41 Å². The quantitative estimate of drug-likeness (QED) is 0.570. The number of carbonyl (C=O) groups is 3. The predicted octanol–water partition coefficient (Wildman–Crippen LogP) is 0.849. The molecule has 0 rings (SSSR count). The number of hydrogen-bond donors (Lipinski definition) is 1. The molecular formula is C13H22O6. The van der Waals surface area contributed by atoms with Gasteiger partial charge >= 0.3 is 11.9 Å². The number of esters is 2. The minimum atomic E-state index is -2.57. The monoisotopic (exact) mass is 274 g/mol. The topological polar surface area (TPSA) is 89.9 Å². The zero-order valence-corrected chi connectivity index (χ0v) is 12.1. The van der Waals surface area contributed by atoms with Crippen LogP contribution in [0.15, 0.2) is 0 Å². The number of hydrogen-bond acceptors (Lipinski definition) is 6. The molecule has 0 aromatic heterocycles. The van der Waals surface area contributed by atoms with Crippen molar-refractivity contribution in [2.45, 2.75) is 46.6 Å². The van der Waals surface area contributed by atoms with E-state index in [0.29, 0.717) is 0 Å². The number of ether oxygens (including phenoxy) is 2. The fourth-order valence-corrected chi connectivity index (χ4v) is 1.23. The van der Waals surface area contributed by atoms with E-state index in [9.17, 15) is 19.5 Å². The molecule has 0 unspecified atom stereocenters. The average molecular weight is 274 g/mol. The van der Waals surface area contributed by atoms with E-state index in [2.05, 4.69) is 9.47 Å². The number of carbonyl (C=O) groups excluding carboxylic acids is 3.